The molecule has 80 valence electrons. The highest BCUT2D eigenvalue weighted by Gasteiger charge is 2.05. The average molecular weight is 218 g/mol. The van der Waals surface area contributed by atoms with Crippen LogP contribution in [-0.4, -0.2) is 11.7 Å². The number of phenolic OH excluding ortho intramolecular Hbond substituents is 1. The standard InChI is InChI=1S/C10H15NO2.ClH/c1-3-13-10-6-8(7(2)11)4-5-9(10)12;/h4-7,12H,3,11H2,1-2H3;1H/t7-;/m0./s1. The fourth-order valence-corrected chi connectivity index (χ4v) is 1.09. The van der Waals surface area contributed by atoms with Crippen molar-refractivity contribution < 1.29 is 9.84 Å². The second kappa shape index (κ2) is 5.73. The Hall–Kier alpha value is -0.930. The maximum absolute atomic E-state index is 9.38. The number of rotatable bonds is 3. The van der Waals surface area contributed by atoms with E-state index >= 15 is 0 Å². The maximum atomic E-state index is 9.38. The predicted octanol–water partition coefficient (Wildman–Crippen LogP) is 2.23. The molecule has 0 heterocycles. The van der Waals surface area contributed by atoms with Crippen LogP contribution in [0.2, 0.25) is 0 Å². The van der Waals surface area contributed by atoms with Gasteiger partial charge in [0.15, 0.2) is 11.5 Å². The molecule has 0 saturated heterocycles. The lowest BCUT2D eigenvalue weighted by Crippen LogP contribution is -2.05. The molecule has 1 atom stereocenters. The highest BCUT2D eigenvalue weighted by Crippen LogP contribution is 2.28. The van der Waals surface area contributed by atoms with E-state index in [1.165, 1.54) is 0 Å². The van der Waals surface area contributed by atoms with Crippen molar-refractivity contribution in [3.05, 3.63) is 23.8 Å². The number of hydrogen-bond acceptors (Lipinski definition) is 3. The first-order chi connectivity index (χ1) is 6.15. The van der Waals surface area contributed by atoms with Crippen LogP contribution in [-0.2, 0) is 0 Å². The van der Waals surface area contributed by atoms with Crippen LogP contribution in [0.3, 0.4) is 0 Å². The molecule has 0 aliphatic rings. The summed E-state index contributed by atoms with van der Waals surface area (Å²) in [5, 5.41) is 9.38. The van der Waals surface area contributed by atoms with E-state index in [1.54, 1.807) is 18.2 Å². The molecule has 0 aliphatic carbocycles. The van der Waals surface area contributed by atoms with E-state index < -0.39 is 0 Å². The van der Waals surface area contributed by atoms with E-state index in [0.717, 1.165) is 5.56 Å². The molecule has 0 aliphatic heterocycles. The Morgan fingerprint density at radius 1 is 1.50 bits per heavy atom. The summed E-state index contributed by atoms with van der Waals surface area (Å²) in [6.07, 6.45) is 0. The topological polar surface area (TPSA) is 55.5 Å². The molecular weight excluding hydrogens is 202 g/mol. The summed E-state index contributed by atoms with van der Waals surface area (Å²) in [6, 6.07) is 5.12. The Kier molecular flexibility index (Phi) is 5.35. The first kappa shape index (κ1) is 13.1. The lowest BCUT2D eigenvalue weighted by Gasteiger charge is -2.10. The van der Waals surface area contributed by atoms with Crippen molar-refractivity contribution in [2.75, 3.05) is 6.61 Å². The first-order valence-corrected chi connectivity index (χ1v) is 4.36. The van der Waals surface area contributed by atoms with E-state index in [1.807, 2.05) is 13.8 Å². The third kappa shape index (κ3) is 3.09. The smallest absolute Gasteiger partial charge is 0.161 e. The molecule has 0 spiro atoms. The van der Waals surface area contributed by atoms with Crippen molar-refractivity contribution in [2.45, 2.75) is 19.9 Å². The number of hydrogen-bond donors (Lipinski definition) is 2. The molecule has 0 bridgehead atoms. The zero-order valence-electron chi connectivity index (χ0n) is 8.36. The van der Waals surface area contributed by atoms with Crippen molar-refractivity contribution in [3.8, 4) is 11.5 Å². The molecule has 4 heteroatoms. The third-order valence-corrected chi connectivity index (χ3v) is 1.81. The van der Waals surface area contributed by atoms with Crippen LogP contribution in [0, 0.1) is 0 Å². The zero-order valence-corrected chi connectivity index (χ0v) is 9.17. The predicted molar refractivity (Wildman–Crippen MR) is 59.1 cm³/mol. The van der Waals surface area contributed by atoms with Gasteiger partial charge in [-0.15, -0.1) is 12.4 Å². The zero-order chi connectivity index (χ0) is 9.84. The van der Waals surface area contributed by atoms with Gasteiger partial charge in [-0.3, -0.25) is 0 Å². The van der Waals surface area contributed by atoms with E-state index in [4.69, 9.17) is 10.5 Å². The summed E-state index contributed by atoms with van der Waals surface area (Å²) in [5.74, 6) is 0.656. The van der Waals surface area contributed by atoms with Crippen LogP contribution in [0.25, 0.3) is 0 Å². The molecule has 1 aromatic rings. The van der Waals surface area contributed by atoms with Crippen LogP contribution in [0.15, 0.2) is 18.2 Å². The van der Waals surface area contributed by atoms with Gasteiger partial charge >= 0.3 is 0 Å². The molecule has 0 unspecified atom stereocenters. The van der Waals surface area contributed by atoms with Gasteiger partial charge in [-0.1, -0.05) is 6.07 Å². The number of phenols is 1. The Balaban J connectivity index is 0.00000169. The monoisotopic (exact) mass is 217 g/mol. The maximum Gasteiger partial charge on any atom is 0.161 e. The van der Waals surface area contributed by atoms with Gasteiger partial charge in [-0.05, 0) is 31.5 Å². The average Bonchev–Trinajstić information content (AvgIpc) is 2.08. The largest absolute Gasteiger partial charge is 0.504 e. The van der Waals surface area contributed by atoms with Crippen molar-refractivity contribution in [1.82, 2.24) is 0 Å². The van der Waals surface area contributed by atoms with Crippen molar-refractivity contribution in [3.63, 3.8) is 0 Å². The lowest BCUT2D eigenvalue weighted by atomic mass is 10.1. The van der Waals surface area contributed by atoms with Crippen molar-refractivity contribution in [2.24, 2.45) is 5.73 Å². The summed E-state index contributed by atoms with van der Waals surface area (Å²) in [4.78, 5) is 0. The number of halogens is 1. The Bertz CT molecular complexity index is 289. The molecule has 14 heavy (non-hydrogen) atoms. The second-order valence-electron chi connectivity index (χ2n) is 2.95. The first-order valence-electron chi connectivity index (χ1n) is 4.36. The summed E-state index contributed by atoms with van der Waals surface area (Å²) in [5.41, 5.74) is 6.65. The Labute approximate surface area is 90.3 Å². The van der Waals surface area contributed by atoms with Crippen molar-refractivity contribution >= 4 is 12.4 Å². The van der Waals surface area contributed by atoms with Gasteiger partial charge in [-0.25, -0.2) is 0 Å². The van der Waals surface area contributed by atoms with Crippen LogP contribution in [0.5, 0.6) is 11.5 Å². The number of ether oxygens (including phenoxy) is 1. The molecule has 3 N–H and O–H groups in total. The Morgan fingerprint density at radius 2 is 2.14 bits per heavy atom. The van der Waals surface area contributed by atoms with E-state index in [9.17, 15) is 5.11 Å². The lowest BCUT2D eigenvalue weighted by molar-refractivity contribution is 0.317. The van der Waals surface area contributed by atoms with Gasteiger partial charge in [0.2, 0.25) is 0 Å². The van der Waals surface area contributed by atoms with Gasteiger partial charge in [0.05, 0.1) is 6.61 Å². The van der Waals surface area contributed by atoms with E-state index in [-0.39, 0.29) is 24.2 Å². The molecule has 0 fully saturated rings. The fourth-order valence-electron chi connectivity index (χ4n) is 1.09. The van der Waals surface area contributed by atoms with Gasteiger partial charge < -0.3 is 15.6 Å². The minimum Gasteiger partial charge on any atom is -0.504 e. The fraction of sp³-hybridized carbons (Fsp3) is 0.400. The highest BCUT2D eigenvalue weighted by molar-refractivity contribution is 5.85. The number of benzene rings is 1. The van der Waals surface area contributed by atoms with E-state index in [0.29, 0.717) is 12.4 Å². The highest BCUT2D eigenvalue weighted by atomic mass is 35.5. The molecule has 3 nitrogen and oxygen atoms in total. The summed E-state index contributed by atoms with van der Waals surface area (Å²) in [6.45, 7) is 4.30. The molecule has 0 saturated carbocycles. The molecular formula is C10H16ClNO2. The number of aromatic hydroxyl groups is 1. The van der Waals surface area contributed by atoms with Crippen LogP contribution in [0.1, 0.15) is 25.5 Å². The van der Waals surface area contributed by atoms with Crippen LogP contribution >= 0.6 is 12.4 Å². The Morgan fingerprint density at radius 3 is 2.64 bits per heavy atom. The second-order valence-corrected chi connectivity index (χ2v) is 2.95. The van der Waals surface area contributed by atoms with Gasteiger partial charge in [0, 0.05) is 6.04 Å². The molecule has 0 aromatic heterocycles. The summed E-state index contributed by atoms with van der Waals surface area (Å²) < 4.78 is 5.22. The van der Waals surface area contributed by atoms with E-state index in [2.05, 4.69) is 0 Å². The van der Waals surface area contributed by atoms with Gasteiger partial charge in [0.25, 0.3) is 0 Å². The van der Waals surface area contributed by atoms with Crippen LogP contribution < -0.4 is 10.5 Å². The number of nitrogens with two attached hydrogens (primary N) is 1. The van der Waals surface area contributed by atoms with Crippen molar-refractivity contribution in [1.29, 1.82) is 0 Å². The van der Waals surface area contributed by atoms with Gasteiger partial charge in [0.1, 0.15) is 0 Å². The van der Waals surface area contributed by atoms with Gasteiger partial charge in [-0.2, -0.15) is 0 Å². The minimum atomic E-state index is -0.0418. The summed E-state index contributed by atoms with van der Waals surface area (Å²) >= 11 is 0. The minimum absolute atomic E-state index is 0. The summed E-state index contributed by atoms with van der Waals surface area (Å²) in [7, 11) is 0. The SMILES string of the molecule is CCOc1cc([C@H](C)N)ccc1O.Cl. The molecule has 0 amide bonds. The third-order valence-electron chi connectivity index (χ3n) is 1.81. The van der Waals surface area contributed by atoms with Crippen LogP contribution in [0.4, 0.5) is 0 Å². The molecule has 0 radical (unpaired) electrons. The normalized spacial score (nSPS) is 11.6. The quantitative estimate of drug-likeness (QED) is 0.817. The molecule has 1 rings (SSSR count). The molecule has 1 aromatic carbocycles.